The van der Waals surface area contributed by atoms with E-state index in [1.54, 1.807) is 0 Å². The highest BCUT2D eigenvalue weighted by molar-refractivity contribution is 6.67. The molecule has 0 bridgehead atoms. The van der Waals surface area contributed by atoms with Crippen LogP contribution in [0.25, 0.3) is 11.3 Å². The summed E-state index contributed by atoms with van der Waals surface area (Å²) in [4.78, 5) is 10.7. The van der Waals surface area contributed by atoms with Gasteiger partial charge in [-0.3, -0.25) is 4.79 Å². The number of carbonyl (C=O) groups excluding carboxylic acids is 1. The van der Waals surface area contributed by atoms with Gasteiger partial charge in [-0.2, -0.15) is 0 Å². The molecular formula is C10H6ClNO2. The van der Waals surface area contributed by atoms with E-state index < -0.39 is 5.24 Å². The van der Waals surface area contributed by atoms with Gasteiger partial charge in [0.15, 0.2) is 0 Å². The first kappa shape index (κ1) is 8.97. The van der Waals surface area contributed by atoms with Crippen molar-refractivity contribution in [3.8, 4) is 11.3 Å². The Balaban J connectivity index is 2.39. The van der Waals surface area contributed by atoms with E-state index in [-0.39, 0.29) is 5.76 Å². The quantitative estimate of drug-likeness (QED) is 0.712. The molecule has 2 aromatic rings. The molecule has 2 rings (SSSR count). The molecule has 1 aromatic heterocycles. The van der Waals surface area contributed by atoms with Gasteiger partial charge in [0.1, 0.15) is 5.69 Å². The van der Waals surface area contributed by atoms with Crippen LogP contribution >= 0.6 is 11.6 Å². The monoisotopic (exact) mass is 207 g/mol. The Hall–Kier alpha value is -1.61. The number of carbonyl (C=O) groups is 1. The zero-order chi connectivity index (χ0) is 9.97. The molecule has 0 amide bonds. The largest absolute Gasteiger partial charge is 0.351 e. The highest BCUT2D eigenvalue weighted by Gasteiger charge is 2.10. The Morgan fingerprint density at radius 3 is 2.57 bits per heavy atom. The van der Waals surface area contributed by atoms with Gasteiger partial charge in [-0.05, 0) is 11.6 Å². The molecule has 1 aromatic carbocycles. The highest BCUT2D eigenvalue weighted by atomic mass is 35.5. The van der Waals surface area contributed by atoms with Gasteiger partial charge in [0.25, 0.3) is 5.24 Å². The number of nitrogens with zero attached hydrogens (tertiary/aromatic N) is 1. The van der Waals surface area contributed by atoms with Crippen molar-refractivity contribution in [1.29, 1.82) is 0 Å². The maximum Gasteiger partial charge on any atom is 0.290 e. The van der Waals surface area contributed by atoms with Crippen LogP contribution in [0.5, 0.6) is 0 Å². The standard InChI is InChI=1S/C10H6ClNO2/c11-10(13)9-6-8(12-14-9)7-4-2-1-3-5-7/h1-6H. The Kier molecular flexibility index (Phi) is 2.33. The molecule has 0 atom stereocenters. The van der Waals surface area contributed by atoms with Crippen LogP contribution in [0, 0.1) is 0 Å². The third-order valence-electron chi connectivity index (χ3n) is 1.77. The van der Waals surface area contributed by atoms with E-state index >= 15 is 0 Å². The lowest BCUT2D eigenvalue weighted by Gasteiger charge is -1.90. The van der Waals surface area contributed by atoms with Crippen LogP contribution in [-0.2, 0) is 0 Å². The van der Waals surface area contributed by atoms with Crippen LogP contribution in [0.4, 0.5) is 0 Å². The molecular weight excluding hydrogens is 202 g/mol. The molecule has 14 heavy (non-hydrogen) atoms. The molecule has 70 valence electrons. The van der Waals surface area contributed by atoms with Gasteiger partial charge < -0.3 is 4.52 Å². The molecule has 1 heterocycles. The second-order valence-electron chi connectivity index (χ2n) is 2.72. The van der Waals surface area contributed by atoms with Crippen LogP contribution in [0.15, 0.2) is 40.9 Å². The topological polar surface area (TPSA) is 43.1 Å². The maximum atomic E-state index is 10.7. The van der Waals surface area contributed by atoms with Crippen LogP contribution in [-0.4, -0.2) is 10.4 Å². The second kappa shape index (κ2) is 3.64. The number of hydrogen-bond donors (Lipinski definition) is 0. The molecule has 3 nitrogen and oxygen atoms in total. The summed E-state index contributed by atoms with van der Waals surface area (Å²) in [5, 5.41) is 3.09. The molecule has 0 N–H and O–H groups in total. The SMILES string of the molecule is O=C(Cl)c1cc(-c2ccccc2)no1. The van der Waals surface area contributed by atoms with Gasteiger partial charge in [0, 0.05) is 11.6 Å². The Bertz CT molecular complexity index is 450. The normalized spacial score (nSPS) is 10.1. The van der Waals surface area contributed by atoms with Crippen LogP contribution in [0.3, 0.4) is 0 Å². The number of halogens is 1. The molecule has 0 aliphatic heterocycles. The summed E-state index contributed by atoms with van der Waals surface area (Å²) in [5.41, 5.74) is 1.50. The Labute approximate surface area is 85.3 Å². The van der Waals surface area contributed by atoms with Crippen molar-refractivity contribution in [3.05, 3.63) is 42.2 Å². The molecule has 0 unspecified atom stereocenters. The summed E-state index contributed by atoms with van der Waals surface area (Å²) in [6, 6.07) is 10.9. The highest BCUT2D eigenvalue weighted by Crippen LogP contribution is 2.19. The van der Waals surface area contributed by atoms with E-state index in [4.69, 9.17) is 16.1 Å². The summed E-state index contributed by atoms with van der Waals surface area (Å²) < 4.78 is 4.75. The Morgan fingerprint density at radius 2 is 2.00 bits per heavy atom. The third kappa shape index (κ3) is 1.67. The van der Waals surface area contributed by atoms with Crippen molar-refractivity contribution in [3.63, 3.8) is 0 Å². The molecule has 0 fully saturated rings. The van der Waals surface area contributed by atoms with Crippen molar-refractivity contribution >= 4 is 16.8 Å². The fourth-order valence-corrected chi connectivity index (χ4v) is 1.20. The Morgan fingerprint density at radius 1 is 1.29 bits per heavy atom. The van der Waals surface area contributed by atoms with Gasteiger partial charge >= 0.3 is 0 Å². The van der Waals surface area contributed by atoms with Crippen LogP contribution in [0.2, 0.25) is 0 Å². The smallest absolute Gasteiger partial charge is 0.290 e. The predicted molar refractivity (Wildman–Crippen MR) is 52.1 cm³/mol. The van der Waals surface area contributed by atoms with E-state index in [9.17, 15) is 4.79 Å². The molecule has 0 saturated heterocycles. The lowest BCUT2D eigenvalue weighted by molar-refractivity contribution is 0.104. The minimum Gasteiger partial charge on any atom is -0.351 e. The fraction of sp³-hybridized carbons (Fsp3) is 0. The fourth-order valence-electron chi connectivity index (χ4n) is 1.11. The predicted octanol–water partition coefficient (Wildman–Crippen LogP) is 2.72. The minimum atomic E-state index is -0.639. The molecule has 0 aliphatic carbocycles. The summed E-state index contributed by atoms with van der Waals surface area (Å²) >= 11 is 5.23. The van der Waals surface area contributed by atoms with E-state index in [0.29, 0.717) is 5.69 Å². The minimum absolute atomic E-state index is 0.0607. The molecule has 0 aliphatic rings. The summed E-state index contributed by atoms with van der Waals surface area (Å²) in [6.07, 6.45) is 0. The summed E-state index contributed by atoms with van der Waals surface area (Å²) in [5.74, 6) is 0.0607. The van der Waals surface area contributed by atoms with E-state index in [1.165, 1.54) is 6.07 Å². The van der Waals surface area contributed by atoms with Gasteiger partial charge in [-0.1, -0.05) is 35.5 Å². The van der Waals surface area contributed by atoms with Crippen LogP contribution in [0.1, 0.15) is 10.6 Å². The van der Waals surface area contributed by atoms with Crippen molar-refractivity contribution in [2.75, 3.05) is 0 Å². The number of rotatable bonds is 2. The number of benzene rings is 1. The van der Waals surface area contributed by atoms with Gasteiger partial charge in [-0.25, -0.2) is 0 Å². The van der Waals surface area contributed by atoms with Crippen molar-refractivity contribution in [2.24, 2.45) is 0 Å². The van der Waals surface area contributed by atoms with Crippen molar-refractivity contribution in [2.45, 2.75) is 0 Å². The first-order chi connectivity index (χ1) is 6.77. The van der Waals surface area contributed by atoms with Crippen molar-refractivity contribution < 1.29 is 9.32 Å². The molecule has 4 heteroatoms. The molecule has 0 radical (unpaired) electrons. The number of aromatic nitrogens is 1. The lowest BCUT2D eigenvalue weighted by Crippen LogP contribution is -1.81. The third-order valence-corrected chi connectivity index (χ3v) is 1.96. The first-order valence-corrected chi connectivity index (χ1v) is 4.37. The van der Waals surface area contributed by atoms with Crippen molar-refractivity contribution in [1.82, 2.24) is 5.16 Å². The maximum absolute atomic E-state index is 10.7. The average Bonchev–Trinajstić information content (AvgIpc) is 2.68. The van der Waals surface area contributed by atoms with Gasteiger partial charge in [-0.15, -0.1) is 0 Å². The zero-order valence-electron chi connectivity index (χ0n) is 7.11. The summed E-state index contributed by atoms with van der Waals surface area (Å²) in [6.45, 7) is 0. The zero-order valence-corrected chi connectivity index (χ0v) is 7.86. The van der Waals surface area contributed by atoms with E-state index in [0.717, 1.165) is 5.56 Å². The first-order valence-electron chi connectivity index (χ1n) is 3.99. The average molecular weight is 208 g/mol. The second-order valence-corrected chi connectivity index (χ2v) is 3.06. The van der Waals surface area contributed by atoms with E-state index in [2.05, 4.69) is 5.16 Å². The van der Waals surface area contributed by atoms with E-state index in [1.807, 2.05) is 30.3 Å². The number of hydrogen-bond acceptors (Lipinski definition) is 3. The van der Waals surface area contributed by atoms with Crippen LogP contribution < -0.4 is 0 Å². The molecule has 0 saturated carbocycles. The molecule has 0 spiro atoms. The van der Waals surface area contributed by atoms with Gasteiger partial charge in [0.2, 0.25) is 5.76 Å². The summed E-state index contributed by atoms with van der Waals surface area (Å²) in [7, 11) is 0. The lowest BCUT2D eigenvalue weighted by atomic mass is 10.1. The van der Waals surface area contributed by atoms with Gasteiger partial charge in [0.05, 0.1) is 0 Å².